The zero-order valence-electron chi connectivity index (χ0n) is 18.5. The number of carbonyl (C=O) groups is 1. The van der Waals surface area contributed by atoms with Gasteiger partial charge < -0.3 is 9.84 Å². The zero-order valence-corrected chi connectivity index (χ0v) is 18.5. The first-order valence-corrected chi connectivity index (χ1v) is 12.1. The highest BCUT2D eigenvalue weighted by Gasteiger charge is 2.65. The number of carbonyl (C=O) groups excluding carboxylic acids is 1. The number of ether oxygens (including phenoxy) is 1. The van der Waals surface area contributed by atoms with Crippen molar-refractivity contribution in [3.63, 3.8) is 0 Å². The number of fused-ring (bicyclic) bond motifs is 5. The molecule has 0 spiro atoms. The monoisotopic (exact) mass is 398 g/mol. The van der Waals surface area contributed by atoms with Crippen LogP contribution in [0.25, 0.3) is 0 Å². The molecule has 1 N–H and O–H groups in total. The smallest absolute Gasteiger partial charge is 0.161 e. The molecule has 3 fully saturated rings. The van der Waals surface area contributed by atoms with E-state index < -0.39 is 5.60 Å². The van der Waals surface area contributed by atoms with E-state index in [1.807, 2.05) is 0 Å². The van der Waals surface area contributed by atoms with Crippen LogP contribution in [0, 0.1) is 28.6 Å². The van der Waals surface area contributed by atoms with E-state index in [0.29, 0.717) is 30.3 Å². The predicted molar refractivity (Wildman–Crippen MR) is 114 cm³/mol. The van der Waals surface area contributed by atoms with Crippen LogP contribution in [0.15, 0.2) is 23.5 Å². The Kier molecular flexibility index (Phi) is 4.59. The Hall–Kier alpha value is -1.09. The minimum atomic E-state index is -1.11. The molecule has 5 rings (SSSR count). The fraction of sp³-hybridized carbons (Fsp3) is 0.808. The van der Waals surface area contributed by atoms with E-state index in [4.69, 9.17) is 4.74 Å². The number of hydrogen-bond acceptors (Lipinski definition) is 3. The second-order valence-electron chi connectivity index (χ2n) is 11.2. The molecule has 3 saturated carbocycles. The van der Waals surface area contributed by atoms with E-state index in [2.05, 4.69) is 26.0 Å². The van der Waals surface area contributed by atoms with Crippen molar-refractivity contribution in [2.45, 2.75) is 103 Å². The zero-order chi connectivity index (χ0) is 20.4. The van der Waals surface area contributed by atoms with Gasteiger partial charge in [-0.15, -0.1) is 0 Å². The van der Waals surface area contributed by atoms with Crippen molar-refractivity contribution < 1.29 is 14.6 Å². The molecule has 6 atom stereocenters. The molecule has 3 nitrogen and oxygen atoms in total. The van der Waals surface area contributed by atoms with E-state index in [1.54, 1.807) is 6.92 Å². The number of Topliss-reactive ketones (excluding diaryl/α,β-unsaturated/α-hetero) is 1. The van der Waals surface area contributed by atoms with Crippen molar-refractivity contribution in [1.82, 2.24) is 0 Å². The van der Waals surface area contributed by atoms with Gasteiger partial charge in [0.2, 0.25) is 0 Å². The van der Waals surface area contributed by atoms with Crippen LogP contribution in [-0.4, -0.2) is 22.6 Å². The van der Waals surface area contributed by atoms with Gasteiger partial charge in [0, 0.05) is 11.8 Å². The second-order valence-corrected chi connectivity index (χ2v) is 11.2. The van der Waals surface area contributed by atoms with Crippen LogP contribution < -0.4 is 0 Å². The summed E-state index contributed by atoms with van der Waals surface area (Å²) in [7, 11) is 0. The van der Waals surface area contributed by atoms with Crippen LogP contribution in [0.2, 0.25) is 0 Å². The number of aliphatic hydroxyl groups is 1. The summed E-state index contributed by atoms with van der Waals surface area (Å²) in [5.41, 5.74) is 0.371. The first-order valence-electron chi connectivity index (χ1n) is 12.1. The summed E-state index contributed by atoms with van der Waals surface area (Å²) in [6, 6.07) is 0. The van der Waals surface area contributed by atoms with E-state index in [9.17, 15) is 9.90 Å². The first kappa shape index (κ1) is 19.8. The first-order chi connectivity index (χ1) is 13.8. The Morgan fingerprint density at radius 1 is 1.07 bits per heavy atom. The van der Waals surface area contributed by atoms with Gasteiger partial charge >= 0.3 is 0 Å². The second kappa shape index (κ2) is 6.70. The van der Waals surface area contributed by atoms with Crippen molar-refractivity contribution in [1.29, 1.82) is 0 Å². The van der Waals surface area contributed by atoms with E-state index >= 15 is 0 Å². The topological polar surface area (TPSA) is 46.5 Å². The van der Waals surface area contributed by atoms with Crippen molar-refractivity contribution in [3.05, 3.63) is 23.5 Å². The number of allylic oxidation sites excluding steroid dienone is 4. The Morgan fingerprint density at radius 3 is 2.52 bits per heavy atom. The van der Waals surface area contributed by atoms with Crippen LogP contribution in [0.4, 0.5) is 0 Å². The standard InChI is InChI=1S/C26H38O3/c1-17(27)26(28)15-12-23-21-9-8-18-16-20(29-19-6-4-5-7-19)10-13-24(18,2)22(21)11-14-25(23,26)3/h8,16,19,21-23,28H,4-7,9-15H2,1-3H3/t21?,22?,23?,24-,25-,26-/m0/s1. The third-order valence-electron chi connectivity index (χ3n) is 10.1. The van der Waals surface area contributed by atoms with Crippen LogP contribution in [0.5, 0.6) is 0 Å². The number of rotatable bonds is 3. The van der Waals surface area contributed by atoms with Gasteiger partial charge in [-0.2, -0.15) is 0 Å². The average Bonchev–Trinajstić information content (AvgIpc) is 3.29. The highest BCUT2D eigenvalue weighted by molar-refractivity contribution is 5.86. The van der Waals surface area contributed by atoms with Gasteiger partial charge in [0.05, 0.1) is 11.9 Å². The average molecular weight is 399 g/mol. The summed E-state index contributed by atoms with van der Waals surface area (Å²) in [6.07, 6.45) is 17.5. The van der Waals surface area contributed by atoms with Gasteiger partial charge in [0.15, 0.2) is 5.78 Å². The van der Waals surface area contributed by atoms with Crippen LogP contribution in [-0.2, 0) is 9.53 Å². The fourth-order valence-electron chi connectivity index (χ4n) is 8.21. The molecule has 0 saturated heterocycles. The highest BCUT2D eigenvalue weighted by Crippen LogP contribution is 2.67. The number of ketones is 1. The van der Waals surface area contributed by atoms with Crippen molar-refractivity contribution >= 4 is 5.78 Å². The molecule has 0 aliphatic heterocycles. The molecule has 29 heavy (non-hydrogen) atoms. The molecule has 0 aromatic carbocycles. The molecule has 0 radical (unpaired) electrons. The summed E-state index contributed by atoms with van der Waals surface area (Å²) < 4.78 is 6.37. The lowest BCUT2D eigenvalue weighted by Crippen LogP contribution is -2.56. The molecule has 3 heteroatoms. The summed E-state index contributed by atoms with van der Waals surface area (Å²) in [6.45, 7) is 6.28. The lowest BCUT2D eigenvalue weighted by atomic mass is 9.47. The molecular weight excluding hydrogens is 360 g/mol. The lowest BCUT2D eigenvalue weighted by molar-refractivity contribution is -0.158. The molecule has 0 aromatic heterocycles. The number of hydrogen-bond donors (Lipinski definition) is 1. The van der Waals surface area contributed by atoms with Crippen LogP contribution in [0.1, 0.15) is 91.4 Å². The Balaban J connectivity index is 1.41. The molecular formula is C26H38O3. The fourth-order valence-corrected chi connectivity index (χ4v) is 8.21. The Labute approximate surface area is 176 Å². The quantitative estimate of drug-likeness (QED) is 0.661. The molecule has 0 aromatic rings. The van der Waals surface area contributed by atoms with Gasteiger partial charge in [-0.25, -0.2) is 0 Å². The summed E-state index contributed by atoms with van der Waals surface area (Å²) in [5, 5.41) is 11.3. The Bertz CT molecular complexity index is 760. The largest absolute Gasteiger partial charge is 0.495 e. The minimum absolute atomic E-state index is 0.0199. The molecule has 5 aliphatic rings. The van der Waals surface area contributed by atoms with Gasteiger partial charge in [-0.1, -0.05) is 19.9 Å². The maximum atomic E-state index is 12.4. The molecule has 0 amide bonds. The van der Waals surface area contributed by atoms with Crippen LogP contribution in [0.3, 0.4) is 0 Å². The van der Waals surface area contributed by atoms with E-state index in [0.717, 1.165) is 32.1 Å². The van der Waals surface area contributed by atoms with Gasteiger partial charge in [-0.05, 0) is 106 Å². The lowest BCUT2D eigenvalue weighted by Gasteiger charge is -2.57. The van der Waals surface area contributed by atoms with E-state index in [-0.39, 0.29) is 16.6 Å². The van der Waals surface area contributed by atoms with Crippen molar-refractivity contribution in [2.75, 3.05) is 0 Å². The molecule has 5 aliphatic carbocycles. The van der Waals surface area contributed by atoms with Crippen molar-refractivity contribution in [2.24, 2.45) is 28.6 Å². The van der Waals surface area contributed by atoms with Gasteiger partial charge in [0.25, 0.3) is 0 Å². The normalized spacial score (nSPS) is 47.0. The van der Waals surface area contributed by atoms with E-state index in [1.165, 1.54) is 43.4 Å². The maximum absolute atomic E-state index is 12.4. The van der Waals surface area contributed by atoms with Gasteiger partial charge in [-0.3, -0.25) is 4.79 Å². The third kappa shape index (κ3) is 2.75. The third-order valence-corrected chi connectivity index (χ3v) is 10.1. The molecule has 160 valence electrons. The van der Waals surface area contributed by atoms with Crippen LogP contribution >= 0.6 is 0 Å². The Morgan fingerprint density at radius 2 is 1.79 bits per heavy atom. The summed E-state index contributed by atoms with van der Waals surface area (Å²) in [4.78, 5) is 12.4. The maximum Gasteiger partial charge on any atom is 0.161 e. The van der Waals surface area contributed by atoms with Crippen molar-refractivity contribution in [3.8, 4) is 0 Å². The predicted octanol–water partition coefficient (Wildman–Crippen LogP) is 5.72. The minimum Gasteiger partial charge on any atom is -0.495 e. The highest BCUT2D eigenvalue weighted by atomic mass is 16.5. The molecule has 0 heterocycles. The SMILES string of the molecule is CC(=O)[C@@]1(O)CCC2C3CC=C4C=C(OC5CCCC5)CC[C@]4(C)C3CC[C@@]21C. The summed E-state index contributed by atoms with van der Waals surface area (Å²) in [5.74, 6) is 2.92. The molecule has 3 unspecified atom stereocenters. The molecule has 0 bridgehead atoms. The van der Waals surface area contributed by atoms with Gasteiger partial charge in [0.1, 0.15) is 5.60 Å². The summed E-state index contributed by atoms with van der Waals surface area (Å²) >= 11 is 0.